The predicted molar refractivity (Wildman–Crippen MR) is 48.0 cm³/mol. The number of esters is 1. The molecule has 0 heterocycles. The second-order valence-electron chi connectivity index (χ2n) is 2.36. The molecule has 0 aromatic heterocycles. The molecule has 0 aliphatic carbocycles. The molecule has 0 aromatic rings. The third-order valence-corrected chi connectivity index (χ3v) is 1.18. The van der Waals surface area contributed by atoms with Crippen LogP contribution < -0.4 is 0 Å². The Labute approximate surface area is 78.2 Å². The molecule has 1 unspecified atom stereocenters. The summed E-state index contributed by atoms with van der Waals surface area (Å²) in [6.45, 7) is 5.51. The first kappa shape index (κ1) is 12.1. The number of rotatable bonds is 6. The van der Waals surface area contributed by atoms with Gasteiger partial charge in [0.05, 0.1) is 6.61 Å². The van der Waals surface area contributed by atoms with Crippen LogP contribution in [0.25, 0.3) is 0 Å². The van der Waals surface area contributed by atoms with E-state index in [1.54, 1.807) is 13.0 Å². The molecule has 0 aliphatic rings. The number of aliphatic hydroxyl groups is 1. The Balaban J connectivity index is 3.45. The van der Waals surface area contributed by atoms with Crippen LogP contribution in [-0.2, 0) is 14.3 Å². The maximum Gasteiger partial charge on any atom is 0.330 e. The average molecular weight is 187 g/mol. The van der Waals surface area contributed by atoms with Gasteiger partial charge < -0.3 is 14.6 Å². The topological polar surface area (TPSA) is 55.8 Å². The quantitative estimate of drug-likeness (QED) is 0.480. The number of carbonyl (C=O) groups is 1. The molecule has 13 heavy (non-hydrogen) atoms. The number of hydrogen-bond acceptors (Lipinski definition) is 4. The fraction of sp³-hybridized carbons (Fsp3) is 0.556. The van der Waals surface area contributed by atoms with E-state index in [2.05, 4.69) is 11.7 Å². The molecule has 0 spiro atoms. The van der Waals surface area contributed by atoms with E-state index in [0.717, 1.165) is 0 Å². The Bertz CT molecular complexity index is 165. The molecule has 0 aliphatic heterocycles. The number of allylic oxidation sites excluding steroid dienone is 1. The molecule has 1 N–H and O–H groups in total. The summed E-state index contributed by atoms with van der Waals surface area (Å²) < 4.78 is 9.48. The second-order valence-corrected chi connectivity index (χ2v) is 2.36. The molecule has 0 saturated heterocycles. The van der Waals surface area contributed by atoms with E-state index in [-0.39, 0.29) is 13.2 Å². The molecule has 1 radical (unpaired) electrons. The van der Waals surface area contributed by atoms with Crippen molar-refractivity contribution in [3.05, 3.63) is 19.1 Å². The van der Waals surface area contributed by atoms with Crippen LogP contribution in [0.2, 0.25) is 0 Å². The van der Waals surface area contributed by atoms with E-state index < -0.39 is 12.1 Å². The lowest BCUT2D eigenvalue weighted by molar-refractivity contribution is -0.141. The summed E-state index contributed by atoms with van der Waals surface area (Å²) >= 11 is 0. The van der Waals surface area contributed by atoms with Crippen molar-refractivity contribution in [3.8, 4) is 0 Å². The summed E-state index contributed by atoms with van der Waals surface area (Å²) in [7, 11) is 0. The van der Waals surface area contributed by atoms with Crippen LogP contribution in [0, 0.1) is 6.92 Å². The summed E-state index contributed by atoms with van der Waals surface area (Å²) in [4.78, 5) is 10.7. The van der Waals surface area contributed by atoms with Crippen molar-refractivity contribution in [1.82, 2.24) is 0 Å². The lowest BCUT2D eigenvalue weighted by Gasteiger charge is -2.09. The molecular weight excluding hydrogens is 172 g/mol. The van der Waals surface area contributed by atoms with Gasteiger partial charge in [-0.1, -0.05) is 6.08 Å². The van der Waals surface area contributed by atoms with Crippen LogP contribution in [0.4, 0.5) is 0 Å². The Kier molecular flexibility index (Phi) is 7.24. The van der Waals surface area contributed by atoms with Crippen LogP contribution in [0.1, 0.15) is 6.92 Å². The van der Waals surface area contributed by atoms with E-state index in [1.807, 2.05) is 0 Å². The van der Waals surface area contributed by atoms with Gasteiger partial charge in [-0.15, -0.1) is 0 Å². The molecule has 75 valence electrons. The summed E-state index contributed by atoms with van der Waals surface area (Å²) in [6.07, 6.45) is 2.08. The predicted octanol–water partition coefficient (Wildman–Crippen LogP) is 0.317. The van der Waals surface area contributed by atoms with Crippen molar-refractivity contribution in [2.45, 2.75) is 13.0 Å². The fourth-order valence-electron chi connectivity index (χ4n) is 0.630. The van der Waals surface area contributed by atoms with Crippen LogP contribution in [0.15, 0.2) is 12.2 Å². The first-order chi connectivity index (χ1) is 6.20. The van der Waals surface area contributed by atoms with Crippen molar-refractivity contribution in [1.29, 1.82) is 0 Å². The van der Waals surface area contributed by atoms with Gasteiger partial charge in [0.15, 0.2) is 0 Å². The van der Waals surface area contributed by atoms with Gasteiger partial charge in [0.1, 0.15) is 12.7 Å². The van der Waals surface area contributed by atoms with E-state index in [1.165, 1.54) is 6.08 Å². The SMILES string of the molecule is [CH2]COCC(O)COC(=O)C=CC. The van der Waals surface area contributed by atoms with Gasteiger partial charge in [-0.05, 0) is 13.8 Å². The number of ether oxygens (including phenoxy) is 2. The fourth-order valence-corrected chi connectivity index (χ4v) is 0.630. The summed E-state index contributed by atoms with van der Waals surface area (Å²) in [5, 5.41) is 9.14. The maximum atomic E-state index is 10.7. The minimum Gasteiger partial charge on any atom is -0.460 e. The van der Waals surface area contributed by atoms with Gasteiger partial charge in [0, 0.05) is 12.7 Å². The Morgan fingerprint density at radius 1 is 1.62 bits per heavy atom. The Hall–Kier alpha value is -0.870. The smallest absolute Gasteiger partial charge is 0.330 e. The normalized spacial score (nSPS) is 13.2. The van der Waals surface area contributed by atoms with Gasteiger partial charge in [-0.25, -0.2) is 4.79 Å². The first-order valence-corrected chi connectivity index (χ1v) is 4.05. The van der Waals surface area contributed by atoms with Crippen molar-refractivity contribution < 1.29 is 19.4 Å². The monoisotopic (exact) mass is 187 g/mol. The maximum absolute atomic E-state index is 10.7. The highest BCUT2D eigenvalue weighted by atomic mass is 16.5. The van der Waals surface area contributed by atoms with Gasteiger partial charge in [0.2, 0.25) is 0 Å². The van der Waals surface area contributed by atoms with E-state index in [9.17, 15) is 4.79 Å². The molecule has 0 fully saturated rings. The van der Waals surface area contributed by atoms with E-state index >= 15 is 0 Å². The van der Waals surface area contributed by atoms with Crippen molar-refractivity contribution >= 4 is 5.97 Å². The summed E-state index contributed by atoms with van der Waals surface area (Å²) in [5.41, 5.74) is 0. The number of hydrogen-bond donors (Lipinski definition) is 1. The van der Waals surface area contributed by atoms with Crippen molar-refractivity contribution in [3.63, 3.8) is 0 Å². The van der Waals surface area contributed by atoms with Crippen LogP contribution in [-0.4, -0.2) is 37.0 Å². The lowest BCUT2D eigenvalue weighted by Crippen LogP contribution is -2.23. The van der Waals surface area contributed by atoms with Crippen LogP contribution in [0.5, 0.6) is 0 Å². The summed E-state index contributed by atoms with van der Waals surface area (Å²) in [5.74, 6) is -0.462. The minimum atomic E-state index is -0.782. The molecule has 0 aromatic carbocycles. The third-order valence-electron chi connectivity index (χ3n) is 1.18. The van der Waals surface area contributed by atoms with Gasteiger partial charge in [-0.2, -0.15) is 0 Å². The molecule has 1 atom stereocenters. The number of aliphatic hydroxyl groups excluding tert-OH is 1. The van der Waals surface area contributed by atoms with Crippen molar-refractivity contribution in [2.24, 2.45) is 0 Å². The van der Waals surface area contributed by atoms with Crippen molar-refractivity contribution in [2.75, 3.05) is 19.8 Å². The molecule has 4 nitrogen and oxygen atoms in total. The zero-order valence-corrected chi connectivity index (χ0v) is 7.73. The highest BCUT2D eigenvalue weighted by molar-refractivity contribution is 5.81. The zero-order valence-electron chi connectivity index (χ0n) is 7.73. The van der Waals surface area contributed by atoms with E-state index in [0.29, 0.717) is 6.61 Å². The molecule has 0 rings (SSSR count). The molecule has 0 bridgehead atoms. The first-order valence-electron chi connectivity index (χ1n) is 4.05. The minimum absolute atomic E-state index is 0.0524. The van der Waals surface area contributed by atoms with E-state index in [4.69, 9.17) is 9.84 Å². The zero-order chi connectivity index (χ0) is 10.1. The molecule has 0 saturated carbocycles. The molecular formula is C9H15O4. The molecule has 4 heteroatoms. The Morgan fingerprint density at radius 3 is 2.85 bits per heavy atom. The molecule has 0 amide bonds. The second kappa shape index (κ2) is 7.76. The van der Waals surface area contributed by atoms with Gasteiger partial charge in [-0.3, -0.25) is 0 Å². The highest BCUT2D eigenvalue weighted by Crippen LogP contribution is 1.89. The van der Waals surface area contributed by atoms with Crippen LogP contribution in [0.3, 0.4) is 0 Å². The largest absolute Gasteiger partial charge is 0.460 e. The van der Waals surface area contributed by atoms with Gasteiger partial charge in [0.25, 0.3) is 0 Å². The lowest BCUT2D eigenvalue weighted by atomic mass is 10.4. The standard InChI is InChI=1S/C9H15O4/c1-3-5-9(11)13-7-8(10)6-12-4-2/h3,5,8,10H,2,4,6-7H2,1H3. The van der Waals surface area contributed by atoms with Crippen LogP contribution >= 0.6 is 0 Å². The number of carbonyl (C=O) groups excluding carboxylic acids is 1. The highest BCUT2D eigenvalue weighted by Gasteiger charge is 2.05. The van der Waals surface area contributed by atoms with Gasteiger partial charge >= 0.3 is 5.97 Å². The summed E-state index contributed by atoms with van der Waals surface area (Å²) in [6, 6.07) is 0. The third kappa shape index (κ3) is 7.49. The average Bonchev–Trinajstić information content (AvgIpc) is 2.12. The Morgan fingerprint density at radius 2 is 2.31 bits per heavy atom.